The fourth-order valence-electron chi connectivity index (χ4n) is 2.21. The minimum Gasteiger partial charge on any atom is -0.211 e. The Hall–Kier alpha value is -1.13. The van der Waals surface area contributed by atoms with Crippen LogP contribution in [-0.2, 0) is 4.79 Å². The molecule has 1 rings (SSSR count). The predicted molar refractivity (Wildman–Crippen MR) is 53.3 cm³/mol. The molecule has 0 N–H and O–H groups in total. The highest BCUT2D eigenvalue weighted by Crippen LogP contribution is 2.30. The number of aliphatic imine (C=N–C) groups is 1. The van der Waals surface area contributed by atoms with Gasteiger partial charge in [-0.25, -0.2) is 9.79 Å². The van der Waals surface area contributed by atoms with Crippen molar-refractivity contribution in [2.75, 3.05) is 0 Å². The van der Waals surface area contributed by atoms with E-state index in [9.17, 15) is 4.79 Å². The van der Waals surface area contributed by atoms with Crippen molar-refractivity contribution >= 4 is 6.08 Å². The van der Waals surface area contributed by atoms with Gasteiger partial charge in [0, 0.05) is 6.42 Å². The second kappa shape index (κ2) is 6.34. The van der Waals surface area contributed by atoms with Gasteiger partial charge in [-0.05, 0) is 31.6 Å². The Morgan fingerprint density at radius 2 is 2.14 bits per heavy atom. The van der Waals surface area contributed by atoms with E-state index in [1.165, 1.54) is 12.8 Å². The molecule has 0 amide bonds. The predicted octanol–water partition coefficient (Wildman–Crippen LogP) is 2.57. The van der Waals surface area contributed by atoms with Gasteiger partial charge >= 0.3 is 0 Å². The van der Waals surface area contributed by atoms with Gasteiger partial charge in [-0.15, -0.1) is 0 Å². The number of nitriles is 1. The number of nitrogens with zero attached hydrogens (tertiary/aromatic N) is 2. The molecule has 0 aromatic carbocycles. The topological polar surface area (TPSA) is 53.2 Å². The molecular formula is C11H16N2O. The van der Waals surface area contributed by atoms with E-state index in [-0.39, 0.29) is 6.04 Å². The van der Waals surface area contributed by atoms with E-state index < -0.39 is 0 Å². The third kappa shape index (κ3) is 3.32. The molecule has 0 saturated heterocycles. The van der Waals surface area contributed by atoms with Crippen LogP contribution in [0.1, 0.15) is 44.9 Å². The molecule has 1 fully saturated rings. The van der Waals surface area contributed by atoms with E-state index in [4.69, 9.17) is 5.26 Å². The zero-order valence-electron chi connectivity index (χ0n) is 8.41. The number of carbonyl (C=O) groups excluding carboxylic acids is 1. The maximum Gasteiger partial charge on any atom is 0.235 e. The summed E-state index contributed by atoms with van der Waals surface area (Å²) >= 11 is 0. The summed E-state index contributed by atoms with van der Waals surface area (Å²) in [5, 5.41) is 8.43. The molecule has 3 nitrogen and oxygen atoms in total. The van der Waals surface area contributed by atoms with E-state index in [1.807, 2.05) is 0 Å². The first-order chi connectivity index (χ1) is 6.88. The lowest BCUT2D eigenvalue weighted by molar-refractivity contribution is 0.288. The maximum atomic E-state index is 10.2. The number of rotatable bonds is 4. The van der Waals surface area contributed by atoms with Crippen LogP contribution in [0, 0.1) is 17.2 Å². The quantitative estimate of drug-likeness (QED) is 0.390. The molecule has 0 radical (unpaired) electrons. The lowest BCUT2D eigenvalue weighted by Gasteiger charge is -2.27. The molecule has 2 unspecified atom stereocenters. The van der Waals surface area contributed by atoms with Gasteiger partial charge in [0.15, 0.2) is 0 Å². The molecule has 0 aromatic rings. The molecular weight excluding hydrogens is 176 g/mol. The molecule has 0 aliphatic heterocycles. The zero-order valence-corrected chi connectivity index (χ0v) is 8.41. The summed E-state index contributed by atoms with van der Waals surface area (Å²) in [6, 6.07) is 2.33. The Morgan fingerprint density at radius 1 is 1.36 bits per heavy atom. The van der Waals surface area contributed by atoms with Crippen LogP contribution in [0.15, 0.2) is 4.99 Å². The van der Waals surface area contributed by atoms with Gasteiger partial charge in [0.25, 0.3) is 0 Å². The summed E-state index contributed by atoms with van der Waals surface area (Å²) in [4.78, 5) is 14.1. The van der Waals surface area contributed by atoms with Crippen molar-refractivity contribution in [2.45, 2.75) is 51.0 Å². The van der Waals surface area contributed by atoms with Gasteiger partial charge in [-0.3, -0.25) is 0 Å². The highest BCUT2D eigenvalue weighted by molar-refractivity contribution is 5.33. The maximum absolute atomic E-state index is 10.2. The van der Waals surface area contributed by atoms with Gasteiger partial charge in [0.2, 0.25) is 6.08 Å². The Balaban J connectivity index is 2.38. The van der Waals surface area contributed by atoms with Crippen LogP contribution in [0.25, 0.3) is 0 Å². The summed E-state index contributed by atoms with van der Waals surface area (Å²) in [7, 11) is 0. The van der Waals surface area contributed by atoms with E-state index in [1.54, 1.807) is 6.08 Å². The van der Waals surface area contributed by atoms with E-state index in [0.29, 0.717) is 12.3 Å². The SMILES string of the molecule is N#CCCCC1CCCCC1N=C=O. The van der Waals surface area contributed by atoms with Crippen LogP contribution in [0.4, 0.5) is 0 Å². The summed E-state index contributed by atoms with van der Waals surface area (Å²) in [6.07, 6.45) is 8.84. The highest BCUT2D eigenvalue weighted by atomic mass is 16.1. The van der Waals surface area contributed by atoms with Crippen molar-refractivity contribution < 1.29 is 4.79 Å². The van der Waals surface area contributed by atoms with E-state index in [0.717, 1.165) is 25.7 Å². The number of unbranched alkanes of at least 4 members (excludes halogenated alkanes) is 1. The van der Waals surface area contributed by atoms with Crippen LogP contribution >= 0.6 is 0 Å². The normalized spacial score (nSPS) is 26.2. The first-order valence-corrected chi connectivity index (χ1v) is 5.32. The molecule has 0 spiro atoms. The van der Waals surface area contributed by atoms with Crippen molar-refractivity contribution in [1.29, 1.82) is 5.26 Å². The number of hydrogen-bond donors (Lipinski definition) is 0. The zero-order chi connectivity index (χ0) is 10.2. The minimum absolute atomic E-state index is 0.181. The largest absolute Gasteiger partial charge is 0.235 e. The highest BCUT2D eigenvalue weighted by Gasteiger charge is 2.23. The van der Waals surface area contributed by atoms with Crippen molar-refractivity contribution in [3.63, 3.8) is 0 Å². The molecule has 0 aromatic heterocycles. The fraction of sp³-hybridized carbons (Fsp3) is 0.818. The summed E-state index contributed by atoms with van der Waals surface area (Å²) in [5.74, 6) is 0.513. The second-order valence-electron chi connectivity index (χ2n) is 3.88. The average molecular weight is 192 g/mol. The van der Waals surface area contributed by atoms with Crippen molar-refractivity contribution in [3.8, 4) is 6.07 Å². The molecule has 1 saturated carbocycles. The Bertz CT molecular complexity index is 251. The van der Waals surface area contributed by atoms with Gasteiger partial charge in [0.1, 0.15) is 0 Å². The first-order valence-electron chi connectivity index (χ1n) is 5.32. The van der Waals surface area contributed by atoms with E-state index in [2.05, 4.69) is 11.1 Å². The van der Waals surface area contributed by atoms with Crippen LogP contribution in [0.5, 0.6) is 0 Å². The Kier molecular flexibility index (Phi) is 4.96. The average Bonchev–Trinajstić information content (AvgIpc) is 2.21. The Morgan fingerprint density at radius 3 is 2.86 bits per heavy atom. The summed E-state index contributed by atoms with van der Waals surface area (Å²) < 4.78 is 0. The lowest BCUT2D eigenvalue weighted by atomic mass is 9.82. The second-order valence-corrected chi connectivity index (χ2v) is 3.88. The first kappa shape index (κ1) is 10.9. The van der Waals surface area contributed by atoms with Gasteiger partial charge in [-0.1, -0.05) is 12.8 Å². The van der Waals surface area contributed by atoms with Crippen molar-refractivity contribution in [1.82, 2.24) is 0 Å². The molecule has 0 bridgehead atoms. The van der Waals surface area contributed by atoms with Crippen molar-refractivity contribution in [3.05, 3.63) is 0 Å². The van der Waals surface area contributed by atoms with Gasteiger partial charge in [0.05, 0.1) is 12.1 Å². The van der Waals surface area contributed by atoms with Crippen LogP contribution in [0.3, 0.4) is 0 Å². The van der Waals surface area contributed by atoms with Gasteiger partial charge in [-0.2, -0.15) is 5.26 Å². The molecule has 1 aliphatic carbocycles. The molecule has 1 aliphatic rings. The van der Waals surface area contributed by atoms with Crippen LogP contribution in [0.2, 0.25) is 0 Å². The third-order valence-corrected chi connectivity index (χ3v) is 2.95. The molecule has 2 atom stereocenters. The van der Waals surface area contributed by atoms with Crippen LogP contribution in [-0.4, -0.2) is 12.1 Å². The molecule has 14 heavy (non-hydrogen) atoms. The molecule has 76 valence electrons. The van der Waals surface area contributed by atoms with Gasteiger partial charge < -0.3 is 0 Å². The van der Waals surface area contributed by atoms with Crippen molar-refractivity contribution in [2.24, 2.45) is 10.9 Å². The Labute approximate surface area is 84.8 Å². The smallest absolute Gasteiger partial charge is 0.211 e. The van der Waals surface area contributed by atoms with E-state index >= 15 is 0 Å². The fourth-order valence-corrected chi connectivity index (χ4v) is 2.21. The monoisotopic (exact) mass is 192 g/mol. The molecule has 0 heterocycles. The molecule has 3 heteroatoms. The number of hydrogen-bond acceptors (Lipinski definition) is 3. The third-order valence-electron chi connectivity index (χ3n) is 2.95. The summed E-state index contributed by atoms with van der Waals surface area (Å²) in [5.41, 5.74) is 0. The number of isocyanates is 1. The minimum atomic E-state index is 0.181. The summed E-state index contributed by atoms with van der Waals surface area (Å²) in [6.45, 7) is 0. The lowest BCUT2D eigenvalue weighted by Crippen LogP contribution is -2.22. The van der Waals surface area contributed by atoms with Crippen LogP contribution < -0.4 is 0 Å². The standard InChI is InChI=1S/C11H16N2O/c12-8-4-3-6-10-5-1-2-7-11(10)13-9-14/h10-11H,1-7H2.